The highest BCUT2D eigenvalue weighted by atomic mass is 31.2. The van der Waals surface area contributed by atoms with E-state index in [1.165, 1.54) is 199 Å². The van der Waals surface area contributed by atoms with Crippen molar-refractivity contribution in [3.8, 4) is 0 Å². The smallest absolute Gasteiger partial charge is 0.462 e. The lowest BCUT2D eigenvalue weighted by atomic mass is 10.0. The van der Waals surface area contributed by atoms with Crippen LogP contribution in [0.25, 0.3) is 0 Å². The van der Waals surface area contributed by atoms with Crippen molar-refractivity contribution in [1.82, 2.24) is 0 Å². The van der Waals surface area contributed by atoms with Gasteiger partial charge in [0.25, 0.3) is 0 Å². The second-order valence-electron chi connectivity index (χ2n) is 27.6. The Morgan fingerprint density at radius 3 is 0.731 bits per heavy atom. The first kappa shape index (κ1) is 91.1. The molecule has 5 atom stereocenters. The second kappa shape index (κ2) is 66.0. The van der Waals surface area contributed by atoms with Crippen LogP contribution in [-0.4, -0.2) is 96.7 Å². The molecule has 0 aliphatic carbocycles. The van der Waals surface area contributed by atoms with Gasteiger partial charge in [0.15, 0.2) is 12.2 Å². The third-order valence-corrected chi connectivity index (χ3v) is 19.1. The Morgan fingerprint density at radius 2 is 0.495 bits per heavy atom. The zero-order valence-electron chi connectivity index (χ0n) is 60.6. The van der Waals surface area contributed by atoms with Crippen LogP contribution in [0.4, 0.5) is 0 Å². The molecule has 0 spiro atoms. The number of aliphatic hydroxyl groups is 1. The fourth-order valence-corrected chi connectivity index (χ4v) is 12.9. The van der Waals surface area contributed by atoms with Crippen LogP contribution in [0, 0.1) is 11.8 Å². The number of unbranched alkanes of at least 4 members (excludes halogenated alkanes) is 43. The Labute approximate surface area is 568 Å². The van der Waals surface area contributed by atoms with Crippen molar-refractivity contribution < 1.29 is 80.2 Å². The van der Waals surface area contributed by atoms with E-state index in [0.717, 1.165) is 102 Å². The van der Waals surface area contributed by atoms with E-state index in [2.05, 4.69) is 41.5 Å². The lowest BCUT2D eigenvalue weighted by Crippen LogP contribution is -2.30. The minimum atomic E-state index is -4.96. The second-order valence-corrected chi connectivity index (χ2v) is 30.5. The highest BCUT2D eigenvalue weighted by Gasteiger charge is 2.30. The summed E-state index contributed by atoms with van der Waals surface area (Å²) in [6.45, 7) is 9.53. The van der Waals surface area contributed by atoms with Gasteiger partial charge in [-0.05, 0) is 37.5 Å². The maximum Gasteiger partial charge on any atom is 0.472 e. The van der Waals surface area contributed by atoms with Gasteiger partial charge in [-0.25, -0.2) is 9.13 Å². The zero-order valence-corrected chi connectivity index (χ0v) is 62.3. The summed E-state index contributed by atoms with van der Waals surface area (Å²) in [5, 5.41) is 10.6. The highest BCUT2D eigenvalue weighted by molar-refractivity contribution is 7.47. The normalized spacial score (nSPS) is 14.1. The Balaban J connectivity index is 5.23. The standard InChI is InChI=1S/C74H144O17P2/c1-7-9-11-13-15-17-19-20-21-22-23-24-25-27-33-40-46-52-58-73(78)90-69(62-85-72(77)57-51-45-39-32-29-28-30-36-42-48-54-66(3)4)64-88-92(80,81)86-60-68(75)61-87-93(82,83)89-65-70(91-74(79)59-53-47-41-35-34-37-43-49-55-67(5)6)63-84-71(76)56-50-44-38-31-26-18-16-14-12-10-8-2/h66-70,75H,7-65H2,1-6H3,(H,80,81)(H,82,83)/t68-,69-,70-/m1/s1. The van der Waals surface area contributed by atoms with E-state index in [-0.39, 0.29) is 25.7 Å². The summed E-state index contributed by atoms with van der Waals surface area (Å²) in [4.78, 5) is 72.7. The molecule has 19 heteroatoms. The molecule has 93 heavy (non-hydrogen) atoms. The van der Waals surface area contributed by atoms with Gasteiger partial charge in [0.1, 0.15) is 19.3 Å². The van der Waals surface area contributed by atoms with Crippen molar-refractivity contribution in [3.63, 3.8) is 0 Å². The highest BCUT2D eigenvalue weighted by Crippen LogP contribution is 2.45. The fourth-order valence-electron chi connectivity index (χ4n) is 11.3. The van der Waals surface area contributed by atoms with Gasteiger partial charge >= 0.3 is 39.5 Å². The van der Waals surface area contributed by atoms with Gasteiger partial charge in [0, 0.05) is 25.7 Å². The Hall–Kier alpha value is -1.94. The van der Waals surface area contributed by atoms with E-state index in [9.17, 15) is 43.2 Å². The SMILES string of the molecule is CCCCCCCCCCCCCCCCCCCCC(=O)O[C@H](COC(=O)CCCCCCCCCCCCC(C)C)COP(=O)(O)OC[C@@H](O)COP(=O)(O)OC[C@@H](COC(=O)CCCCCCCCCCCCC)OC(=O)CCCCCCCCCCC(C)C. The Bertz CT molecular complexity index is 1800. The average molecular weight is 1370 g/mol. The topological polar surface area (TPSA) is 237 Å². The maximum absolute atomic E-state index is 13.1. The van der Waals surface area contributed by atoms with E-state index in [0.29, 0.717) is 25.7 Å². The zero-order chi connectivity index (χ0) is 68.6. The first-order chi connectivity index (χ1) is 44.9. The van der Waals surface area contributed by atoms with Crippen LogP contribution in [0.1, 0.15) is 382 Å². The molecule has 0 heterocycles. The number of carbonyl (C=O) groups is 4. The molecule has 3 N–H and O–H groups in total. The third kappa shape index (κ3) is 68.4. The maximum atomic E-state index is 13.1. The summed E-state index contributed by atoms with van der Waals surface area (Å²) in [7, 11) is -9.91. The molecule has 17 nitrogen and oxygen atoms in total. The molecule has 552 valence electrons. The van der Waals surface area contributed by atoms with Gasteiger partial charge in [0.05, 0.1) is 26.4 Å². The molecule has 0 aliphatic rings. The molecule has 0 aromatic rings. The summed E-state index contributed by atoms with van der Waals surface area (Å²) in [6.07, 6.45) is 52.7. The summed E-state index contributed by atoms with van der Waals surface area (Å²) in [5.74, 6) is -0.642. The molecule has 0 bridgehead atoms. The molecule has 0 saturated heterocycles. The van der Waals surface area contributed by atoms with Gasteiger partial charge in [-0.15, -0.1) is 0 Å². The van der Waals surface area contributed by atoms with Crippen LogP contribution in [0.15, 0.2) is 0 Å². The van der Waals surface area contributed by atoms with E-state index in [1.54, 1.807) is 0 Å². The number of carbonyl (C=O) groups excluding carboxylic acids is 4. The van der Waals surface area contributed by atoms with Crippen molar-refractivity contribution in [2.24, 2.45) is 11.8 Å². The molecule has 0 aliphatic heterocycles. The summed E-state index contributed by atoms with van der Waals surface area (Å²) in [6, 6.07) is 0. The Morgan fingerprint density at radius 1 is 0.290 bits per heavy atom. The van der Waals surface area contributed by atoms with Crippen LogP contribution >= 0.6 is 15.6 Å². The van der Waals surface area contributed by atoms with Crippen molar-refractivity contribution >= 4 is 39.5 Å². The van der Waals surface area contributed by atoms with Crippen LogP contribution in [0.3, 0.4) is 0 Å². The van der Waals surface area contributed by atoms with E-state index in [1.807, 2.05) is 0 Å². The van der Waals surface area contributed by atoms with Crippen LogP contribution in [-0.2, 0) is 65.4 Å². The number of ether oxygens (including phenoxy) is 4. The quantitative estimate of drug-likeness (QED) is 0.0222. The third-order valence-electron chi connectivity index (χ3n) is 17.2. The molecular formula is C74H144O17P2. The number of aliphatic hydroxyl groups excluding tert-OH is 1. The monoisotopic (exact) mass is 1370 g/mol. The van der Waals surface area contributed by atoms with Gasteiger partial charge in [0.2, 0.25) is 0 Å². The first-order valence-electron chi connectivity index (χ1n) is 38.5. The number of hydrogen-bond donors (Lipinski definition) is 3. The van der Waals surface area contributed by atoms with Gasteiger partial charge in [-0.3, -0.25) is 37.3 Å². The molecule has 0 amide bonds. The summed E-state index contributed by atoms with van der Waals surface area (Å²) in [5.41, 5.74) is 0. The van der Waals surface area contributed by atoms with Crippen LogP contribution < -0.4 is 0 Å². The minimum Gasteiger partial charge on any atom is -0.462 e. The van der Waals surface area contributed by atoms with Crippen molar-refractivity contribution in [1.29, 1.82) is 0 Å². The lowest BCUT2D eigenvalue weighted by Gasteiger charge is -2.21. The Kier molecular flexibility index (Phi) is 64.6. The molecule has 0 saturated carbocycles. The molecule has 0 aromatic carbocycles. The summed E-state index contributed by atoms with van der Waals surface area (Å²) < 4.78 is 68.4. The number of phosphoric acid groups is 2. The van der Waals surface area contributed by atoms with Crippen LogP contribution in [0.5, 0.6) is 0 Å². The molecule has 2 unspecified atom stereocenters. The molecule has 0 aromatic heterocycles. The van der Waals surface area contributed by atoms with Gasteiger partial charge in [-0.1, -0.05) is 330 Å². The molecule has 0 rings (SSSR count). The van der Waals surface area contributed by atoms with Crippen LogP contribution in [0.2, 0.25) is 0 Å². The molecule has 0 radical (unpaired) electrons. The summed E-state index contributed by atoms with van der Waals surface area (Å²) >= 11 is 0. The average Bonchev–Trinajstić information content (AvgIpc) is 2.76. The van der Waals surface area contributed by atoms with Crippen molar-refractivity contribution in [2.75, 3.05) is 39.6 Å². The fraction of sp³-hybridized carbons (Fsp3) is 0.946. The lowest BCUT2D eigenvalue weighted by molar-refractivity contribution is -0.161. The van der Waals surface area contributed by atoms with Crippen molar-refractivity contribution in [2.45, 2.75) is 400 Å². The first-order valence-corrected chi connectivity index (χ1v) is 41.5. The number of hydrogen-bond acceptors (Lipinski definition) is 15. The number of rotatable bonds is 73. The number of phosphoric ester groups is 2. The largest absolute Gasteiger partial charge is 0.472 e. The predicted molar refractivity (Wildman–Crippen MR) is 377 cm³/mol. The van der Waals surface area contributed by atoms with Crippen molar-refractivity contribution in [3.05, 3.63) is 0 Å². The predicted octanol–water partition coefficient (Wildman–Crippen LogP) is 21.6. The molecular weight excluding hydrogens is 1220 g/mol. The van der Waals surface area contributed by atoms with E-state index >= 15 is 0 Å². The minimum absolute atomic E-state index is 0.105. The molecule has 0 fully saturated rings. The van der Waals surface area contributed by atoms with E-state index < -0.39 is 97.5 Å². The number of esters is 4. The van der Waals surface area contributed by atoms with Gasteiger partial charge in [-0.2, -0.15) is 0 Å². The van der Waals surface area contributed by atoms with Gasteiger partial charge < -0.3 is 33.8 Å². The van der Waals surface area contributed by atoms with E-state index in [4.69, 9.17) is 37.0 Å².